The van der Waals surface area contributed by atoms with Crippen LogP contribution in [-0.2, 0) is 11.2 Å². The molecule has 1 heterocycles. The van der Waals surface area contributed by atoms with Crippen LogP contribution in [0.1, 0.15) is 40.6 Å². The monoisotopic (exact) mass is 320 g/mol. The molecule has 0 saturated carbocycles. The number of thiazole rings is 1. The number of nitrogens with zero attached hydrogens (tertiary/aromatic N) is 1. The predicted molar refractivity (Wildman–Crippen MR) is 74.9 cm³/mol. The fourth-order valence-electron chi connectivity index (χ4n) is 1.80. The van der Waals surface area contributed by atoms with Gasteiger partial charge in [0.15, 0.2) is 0 Å². The number of amides is 1. The Hall–Kier alpha value is -1.57. The number of aliphatic carboxylic acids is 1. The van der Waals surface area contributed by atoms with E-state index in [0.29, 0.717) is 22.0 Å². The van der Waals surface area contributed by atoms with E-state index in [2.05, 4.69) is 10.3 Å². The Bertz CT molecular complexity index is 518. The highest BCUT2D eigenvalue weighted by Crippen LogP contribution is 2.21. The van der Waals surface area contributed by atoms with Crippen molar-refractivity contribution in [1.29, 1.82) is 0 Å². The molecule has 5 nitrogen and oxygen atoms in total. The second-order valence-corrected chi connectivity index (χ2v) is 6.30. The number of rotatable bonds is 7. The highest BCUT2D eigenvalue weighted by atomic mass is 32.1. The summed E-state index contributed by atoms with van der Waals surface area (Å²) in [6.45, 7) is 5.67. The van der Waals surface area contributed by atoms with Gasteiger partial charge in [0.25, 0.3) is 5.91 Å². The lowest BCUT2D eigenvalue weighted by molar-refractivity contribution is -0.140. The van der Waals surface area contributed by atoms with Gasteiger partial charge in [-0.1, -0.05) is 13.8 Å². The molecule has 0 saturated heterocycles. The van der Waals surface area contributed by atoms with Crippen molar-refractivity contribution in [2.75, 3.05) is 0 Å². The second kappa shape index (κ2) is 7.44. The maximum Gasteiger partial charge on any atom is 0.326 e. The van der Waals surface area contributed by atoms with Crippen molar-refractivity contribution in [3.8, 4) is 0 Å². The molecule has 0 bridgehead atoms. The van der Waals surface area contributed by atoms with Crippen LogP contribution < -0.4 is 5.32 Å². The highest BCUT2D eigenvalue weighted by Gasteiger charge is 2.26. The van der Waals surface area contributed by atoms with Crippen molar-refractivity contribution in [3.05, 3.63) is 15.6 Å². The number of carbonyl (C=O) groups is 2. The molecule has 8 heteroatoms. The van der Waals surface area contributed by atoms with Gasteiger partial charge in [0.2, 0.25) is 6.43 Å². The van der Waals surface area contributed by atoms with Crippen molar-refractivity contribution < 1.29 is 23.5 Å². The summed E-state index contributed by atoms with van der Waals surface area (Å²) in [5.41, 5.74) is 0.575. The highest BCUT2D eigenvalue weighted by molar-refractivity contribution is 7.13. The average Bonchev–Trinajstić information content (AvgIpc) is 2.67. The number of hydrogen-bond donors (Lipinski definition) is 2. The van der Waals surface area contributed by atoms with Crippen LogP contribution in [0.2, 0.25) is 0 Å². The van der Waals surface area contributed by atoms with E-state index in [1.165, 1.54) is 0 Å². The van der Waals surface area contributed by atoms with Gasteiger partial charge in [0, 0.05) is 6.42 Å². The minimum Gasteiger partial charge on any atom is -0.480 e. The van der Waals surface area contributed by atoms with Gasteiger partial charge in [0.05, 0.1) is 10.7 Å². The van der Waals surface area contributed by atoms with Crippen molar-refractivity contribution in [2.24, 2.45) is 5.92 Å². The number of hydrogen-bond acceptors (Lipinski definition) is 4. The maximum absolute atomic E-state index is 12.3. The van der Waals surface area contributed by atoms with Crippen molar-refractivity contribution in [2.45, 2.75) is 46.1 Å². The lowest BCUT2D eigenvalue weighted by Crippen LogP contribution is -2.42. The van der Waals surface area contributed by atoms with Crippen LogP contribution >= 0.6 is 11.3 Å². The fraction of sp³-hybridized carbons (Fsp3) is 0.615. The summed E-state index contributed by atoms with van der Waals surface area (Å²) in [6.07, 6.45) is -3.15. The molecule has 0 radical (unpaired) electrons. The van der Waals surface area contributed by atoms with E-state index in [9.17, 15) is 18.4 Å². The summed E-state index contributed by atoms with van der Waals surface area (Å²) in [5, 5.41) is 11.7. The maximum atomic E-state index is 12.3. The molecule has 1 amide bonds. The van der Waals surface area contributed by atoms with Crippen molar-refractivity contribution in [3.63, 3.8) is 0 Å². The first-order chi connectivity index (χ1) is 9.70. The Balaban J connectivity index is 2.89. The molecule has 0 spiro atoms. The van der Waals surface area contributed by atoms with Gasteiger partial charge in [-0.25, -0.2) is 18.6 Å². The first-order valence-corrected chi connectivity index (χ1v) is 7.30. The molecule has 1 aromatic heterocycles. The van der Waals surface area contributed by atoms with Gasteiger partial charge in [-0.05, 0) is 19.3 Å². The van der Waals surface area contributed by atoms with Crippen LogP contribution in [0.3, 0.4) is 0 Å². The molecule has 0 aliphatic rings. The van der Waals surface area contributed by atoms with Gasteiger partial charge in [-0.3, -0.25) is 4.79 Å². The lowest BCUT2D eigenvalue weighted by Gasteiger charge is -2.14. The minimum atomic E-state index is -2.80. The Kier molecular flexibility index (Phi) is 6.19. The van der Waals surface area contributed by atoms with Crippen LogP contribution in [0.15, 0.2) is 0 Å². The van der Waals surface area contributed by atoms with Gasteiger partial charge >= 0.3 is 5.97 Å². The zero-order valence-electron chi connectivity index (χ0n) is 12.0. The number of carboxylic acid groups (broad SMARTS) is 1. The van der Waals surface area contributed by atoms with Crippen LogP contribution in [0.4, 0.5) is 8.78 Å². The molecular formula is C13H18F2N2O3S. The quantitative estimate of drug-likeness (QED) is 0.809. The van der Waals surface area contributed by atoms with Gasteiger partial charge < -0.3 is 10.4 Å². The molecular weight excluding hydrogens is 302 g/mol. The lowest BCUT2D eigenvalue weighted by atomic mass is 10.1. The summed E-state index contributed by atoms with van der Waals surface area (Å²) in [6, 6.07) is -1.60. The Morgan fingerprint density at radius 1 is 1.38 bits per heavy atom. The van der Waals surface area contributed by atoms with Crippen LogP contribution in [0.5, 0.6) is 0 Å². The molecule has 0 aromatic carbocycles. The largest absolute Gasteiger partial charge is 0.480 e. The van der Waals surface area contributed by atoms with Gasteiger partial charge in [0.1, 0.15) is 10.9 Å². The standard InChI is InChI=1S/C13H18F2N2O3S/c1-6(2)4-8-11(21-7(3)16-8)12(18)17-9(13(19)20)5-10(14)15/h6,9-10H,4-5H2,1-3H3,(H,17,18)(H,19,20). The van der Waals surface area contributed by atoms with E-state index in [1.807, 2.05) is 13.8 Å². The molecule has 1 unspecified atom stereocenters. The molecule has 1 atom stereocenters. The van der Waals surface area contributed by atoms with Crippen molar-refractivity contribution in [1.82, 2.24) is 10.3 Å². The number of aromatic nitrogens is 1. The third-order valence-corrected chi connectivity index (χ3v) is 3.64. The summed E-state index contributed by atoms with van der Waals surface area (Å²) in [7, 11) is 0. The Labute approximate surface area is 125 Å². The third kappa shape index (κ3) is 5.37. The first kappa shape index (κ1) is 17.5. The molecule has 118 valence electrons. The molecule has 0 aliphatic heterocycles. The van der Waals surface area contributed by atoms with E-state index in [-0.39, 0.29) is 5.92 Å². The molecule has 0 aliphatic carbocycles. The summed E-state index contributed by atoms with van der Waals surface area (Å²) >= 11 is 1.13. The SMILES string of the molecule is Cc1nc(CC(C)C)c(C(=O)NC(CC(F)F)C(=O)O)s1. The number of nitrogens with one attached hydrogen (secondary N) is 1. The molecule has 1 aromatic rings. The molecule has 1 rings (SSSR count). The summed E-state index contributed by atoms with van der Waals surface area (Å²) < 4.78 is 24.7. The minimum absolute atomic E-state index is 0.273. The Morgan fingerprint density at radius 2 is 2.00 bits per heavy atom. The van der Waals surface area contributed by atoms with Gasteiger partial charge in [-0.2, -0.15) is 0 Å². The average molecular weight is 320 g/mol. The van der Waals surface area contributed by atoms with E-state index in [1.54, 1.807) is 6.92 Å². The normalized spacial score (nSPS) is 12.7. The second-order valence-electron chi connectivity index (χ2n) is 5.10. The van der Waals surface area contributed by atoms with Crippen LogP contribution in [-0.4, -0.2) is 34.4 Å². The number of halogens is 2. The number of carbonyl (C=O) groups excluding carboxylic acids is 1. The van der Waals surface area contributed by atoms with E-state index >= 15 is 0 Å². The number of aryl methyl sites for hydroxylation is 1. The predicted octanol–water partition coefficient (Wildman–Crippen LogP) is 2.49. The first-order valence-electron chi connectivity index (χ1n) is 6.48. The van der Waals surface area contributed by atoms with E-state index in [4.69, 9.17) is 5.11 Å². The van der Waals surface area contributed by atoms with Crippen LogP contribution in [0.25, 0.3) is 0 Å². The number of carboxylic acids is 1. The smallest absolute Gasteiger partial charge is 0.326 e. The fourth-order valence-corrected chi connectivity index (χ4v) is 2.65. The Morgan fingerprint density at radius 3 is 2.48 bits per heavy atom. The molecule has 0 fully saturated rings. The van der Waals surface area contributed by atoms with E-state index < -0.39 is 30.8 Å². The van der Waals surface area contributed by atoms with E-state index in [0.717, 1.165) is 11.3 Å². The summed E-state index contributed by atoms with van der Waals surface area (Å²) in [4.78, 5) is 27.6. The topological polar surface area (TPSA) is 79.3 Å². The zero-order valence-corrected chi connectivity index (χ0v) is 12.8. The number of alkyl halides is 2. The zero-order chi connectivity index (χ0) is 16.2. The van der Waals surface area contributed by atoms with Crippen molar-refractivity contribution >= 4 is 23.2 Å². The molecule has 21 heavy (non-hydrogen) atoms. The van der Waals surface area contributed by atoms with Crippen LogP contribution in [0, 0.1) is 12.8 Å². The molecule has 2 N–H and O–H groups in total. The van der Waals surface area contributed by atoms with Gasteiger partial charge in [-0.15, -0.1) is 11.3 Å². The summed E-state index contributed by atoms with van der Waals surface area (Å²) in [5.74, 6) is -1.87. The third-order valence-electron chi connectivity index (χ3n) is 2.63.